The average molecular weight is 286 g/mol. The van der Waals surface area contributed by atoms with Crippen LogP contribution in [0.15, 0.2) is 21.9 Å². The molecule has 4 nitrogen and oxygen atoms in total. The molecule has 0 aliphatic heterocycles. The molecule has 0 radical (unpaired) electrons. The normalized spacial score (nSPS) is 14.7. The first-order valence-electron chi connectivity index (χ1n) is 5.85. The van der Waals surface area contributed by atoms with Crippen LogP contribution < -0.4 is 5.32 Å². The van der Waals surface area contributed by atoms with Gasteiger partial charge >= 0.3 is 6.01 Å². The standard InChI is InChI=1S/C12H16ClN3OS/c1-7(2)10(9-5-4-6-18-9)14-12-16-15-11(17-12)8(3)13/h4-8,10H,1-3H3,(H,14,16). The second-order valence-electron chi connectivity index (χ2n) is 4.44. The second kappa shape index (κ2) is 5.71. The van der Waals surface area contributed by atoms with Crippen molar-refractivity contribution < 1.29 is 4.42 Å². The van der Waals surface area contributed by atoms with E-state index < -0.39 is 0 Å². The topological polar surface area (TPSA) is 51.0 Å². The molecule has 2 unspecified atom stereocenters. The van der Waals surface area contributed by atoms with Crippen LogP contribution in [0.2, 0.25) is 0 Å². The van der Waals surface area contributed by atoms with Crippen molar-refractivity contribution in [3.05, 3.63) is 28.3 Å². The van der Waals surface area contributed by atoms with Crippen LogP contribution in [0.5, 0.6) is 0 Å². The first-order chi connectivity index (χ1) is 8.58. The summed E-state index contributed by atoms with van der Waals surface area (Å²) < 4.78 is 5.46. The van der Waals surface area contributed by atoms with Crippen molar-refractivity contribution in [1.29, 1.82) is 0 Å². The molecule has 0 aliphatic rings. The molecular weight excluding hydrogens is 270 g/mol. The summed E-state index contributed by atoms with van der Waals surface area (Å²) in [6.07, 6.45) is 0. The van der Waals surface area contributed by atoms with Crippen molar-refractivity contribution in [1.82, 2.24) is 10.2 Å². The average Bonchev–Trinajstić information content (AvgIpc) is 2.96. The van der Waals surface area contributed by atoms with E-state index in [1.165, 1.54) is 4.88 Å². The van der Waals surface area contributed by atoms with Crippen molar-refractivity contribution >= 4 is 29.0 Å². The Morgan fingerprint density at radius 1 is 1.33 bits per heavy atom. The zero-order valence-electron chi connectivity index (χ0n) is 10.6. The fourth-order valence-corrected chi connectivity index (χ4v) is 2.66. The number of aromatic nitrogens is 2. The lowest BCUT2D eigenvalue weighted by Gasteiger charge is -2.19. The number of hydrogen-bond donors (Lipinski definition) is 1. The minimum absolute atomic E-state index is 0.170. The molecule has 0 fully saturated rings. The fourth-order valence-electron chi connectivity index (χ4n) is 1.62. The number of nitrogens with one attached hydrogen (secondary N) is 1. The van der Waals surface area contributed by atoms with Gasteiger partial charge in [-0.15, -0.1) is 28.0 Å². The molecule has 0 saturated heterocycles. The summed E-state index contributed by atoms with van der Waals surface area (Å²) in [5, 5.41) is 12.9. The zero-order chi connectivity index (χ0) is 13.1. The highest BCUT2D eigenvalue weighted by atomic mass is 35.5. The van der Waals surface area contributed by atoms with Gasteiger partial charge in [0, 0.05) is 4.88 Å². The summed E-state index contributed by atoms with van der Waals surface area (Å²) in [6, 6.07) is 4.73. The van der Waals surface area contributed by atoms with Crippen molar-refractivity contribution in [3.8, 4) is 0 Å². The molecular formula is C12H16ClN3OS. The van der Waals surface area contributed by atoms with Gasteiger partial charge in [0.2, 0.25) is 5.89 Å². The predicted octanol–water partition coefficient (Wildman–Crippen LogP) is 4.24. The maximum Gasteiger partial charge on any atom is 0.316 e. The van der Waals surface area contributed by atoms with E-state index in [-0.39, 0.29) is 11.4 Å². The molecule has 98 valence electrons. The number of halogens is 1. The third-order valence-electron chi connectivity index (χ3n) is 2.58. The lowest BCUT2D eigenvalue weighted by molar-refractivity contribution is 0.479. The Balaban J connectivity index is 2.14. The van der Waals surface area contributed by atoms with Gasteiger partial charge in [-0.05, 0) is 24.3 Å². The third-order valence-corrected chi connectivity index (χ3v) is 3.72. The lowest BCUT2D eigenvalue weighted by Crippen LogP contribution is -2.15. The summed E-state index contributed by atoms with van der Waals surface area (Å²) in [5.74, 6) is 0.861. The van der Waals surface area contributed by atoms with Gasteiger partial charge in [0.05, 0.1) is 6.04 Å². The molecule has 0 amide bonds. The number of thiophene rings is 1. The van der Waals surface area contributed by atoms with E-state index >= 15 is 0 Å². The van der Waals surface area contributed by atoms with Crippen LogP contribution in [0.4, 0.5) is 6.01 Å². The number of anilines is 1. The van der Waals surface area contributed by atoms with Crippen LogP contribution in [0.25, 0.3) is 0 Å². The summed E-state index contributed by atoms with van der Waals surface area (Å²) >= 11 is 7.61. The van der Waals surface area contributed by atoms with Gasteiger partial charge in [0.1, 0.15) is 5.38 Å². The van der Waals surface area contributed by atoms with Gasteiger partial charge in [-0.1, -0.05) is 25.0 Å². The minimum atomic E-state index is -0.271. The Bertz CT molecular complexity index is 481. The molecule has 2 aromatic rings. The van der Waals surface area contributed by atoms with E-state index in [1.54, 1.807) is 18.3 Å². The molecule has 2 atom stereocenters. The number of nitrogens with zero attached hydrogens (tertiary/aromatic N) is 2. The van der Waals surface area contributed by atoms with E-state index in [4.69, 9.17) is 16.0 Å². The molecule has 0 aromatic carbocycles. The van der Waals surface area contributed by atoms with E-state index in [0.717, 1.165) is 0 Å². The molecule has 6 heteroatoms. The monoisotopic (exact) mass is 285 g/mol. The van der Waals surface area contributed by atoms with Crippen LogP contribution in [0.3, 0.4) is 0 Å². The van der Waals surface area contributed by atoms with Gasteiger partial charge in [-0.25, -0.2) is 0 Å². The Hall–Kier alpha value is -1.07. The Labute approximate surface area is 115 Å². The highest BCUT2D eigenvalue weighted by Gasteiger charge is 2.20. The second-order valence-corrected chi connectivity index (χ2v) is 6.08. The molecule has 0 bridgehead atoms. The molecule has 1 N–H and O–H groups in total. The maximum absolute atomic E-state index is 5.89. The minimum Gasteiger partial charge on any atom is -0.406 e. The number of hydrogen-bond acceptors (Lipinski definition) is 5. The largest absolute Gasteiger partial charge is 0.406 e. The van der Waals surface area contributed by atoms with E-state index in [9.17, 15) is 0 Å². The van der Waals surface area contributed by atoms with Crippen LogP contribution in [0, 0.1) is 5.92 Å². The highest BCUT2D eigenvalue weighted by Crippen LogP contribution is 2.30. The van der Waals surface area contributed by atoms with Gasteiger partial charge in [0.25, 0.3) is 0 Å². The first-order valence-corrected chi connectivity index (χ1v) is 7.17. The molecule has 2 rings (SSSR count). The van der Waals surface area contributed by atoms with E-state index in [0.29, 0.717) is 17.8 Å². The number of rotatable bonds is 5. The van der Waals surface area contributed by atoms with Crippen LogP contribution in [-0.4, -0.2) is 10.2 Å². The van der Waals surface area contributed by atoms with Crippen LogP contribution >= 0.6 is 22.9 Å². The number of alkyl halides is 1. The van der Waals surface area contributed by atoms with Crippen molar-refractivity contribution in [2.75, 3.05) is 5.32 Å². The fraction of sp³-hybridized carbons (Fsp3) is 0.500. The van der Waals surface area contributed by atoms with E-state index in [1.807, 2.05) is 6.07 Å². The first kappa shape index (κ1) is 13.4. The van der Waals surface area contributed by atoms with Crippen LogP contribution in [0.1, 0.15) is 43.0 Å². The molecule has 2 heterocycles. The Morgan fingerprint density at radius 2 is 2.11 bits per heavy atom. The molecule has 0 saturated carbocycles. The summed E-state index contributed by atoms with van der Waals surface area (Å²) in [5.41, 5.74) is 0. The maximum atomic E-state index is 5.89. The van der Waals surface area contributed by atoms with Gasteiger partial charge < -0.3 is 9.73 Å². The molecule has 0 aliphatic carbocycles. The van der Waals surface area contributed by atoms with E-state index in [2.05, 4.69) is 40.8 Å². The summed E-state index contributed by atoms with van der Waals surface area (Å²) in [7, 11) is 0. The van der Waals surface area contributed by atoms with Gasteiger partial charge in [-0.2, -0.15) is 0 Å². The summed E-state index contributed by atoms with van der Waals surface area (Å²) in [4.78, 5) is 1.25. The predicted molar refractivity (Wildman–Crippen MR) is 74.1 cm³/mol. The third kappa shape index (κ3) is 3.03. The summed E-state index contributed by atoms with van der Waals surface area (Å²) in [6.45, 7) is 6.11. The lowest BCUT2D eigenvalue weighted by atomic mass is 10.0. The quantitative estimate of drug-likeness (QED) is 0.835. The highest BCUT2D eigenvalue weighted by molar-refractivity contribution is 7.10. The van der Waals surface area contributed by atoms with Crippen LogP contribution in [-0.2, 0) is 0 Å². The Kier molecular flexibility index (Phi) is 4.24. The van der Waals surface area contributed by atoms with Gasteiger partial charge in [-0.3, -0.25) is 0 Å². The smallest absolute Gasteiger partial charge is 0.316 e. The molecule has 18 heavy (non-hydrogen) atoms. The van der Waals surface area contributed by atoms with Crippen molar-refractivity contribution in [2.45, 2.75) is 32.2 Å². The van der Waals surface area contributed by atoms with Crippen molar-refractivity contribution in [2.24, 2.45) is 5.92 Å². The molecule has 0 spiro atoms. The SMILES string of the molecule is CC(Cl)c1nnc(NC(c2cccs2)C(C)C)o1. The molecule has 2 aromatic heterocycles. The Morgan fingerprint density at radius 3 is 2.61 bits per heavy atom. The van der Waals surface area contributed by atoms with Crippen molar-refractivity contribution in [3.63, 3.8) is 0 Å². The zero-order valence-corrected chi connectivity index (χ0v) is 12.1. The van der Waals surface area contributed by atoms with Gasteiger partial charge in [0.15, 0.2) is 0 Å².